The monoisotopic (exact) mass is 288 g/mol. The van der Waals surface area contributed by atoms with Crippen LogP contribution in [0.1, 0.15) is 16.4 Å². The van der Waals surface area contributed by atoms with Crippen LogP contribution in [0.4, 0.5) is 5.69 Å². The van der Waals surface area contributed by atoms with Crippen molar-refractivity contribution >= 4 is 17.4 Å². The normalized spacial score (nSPS) is 12.1. The summed E-state index contributed by atoms with van der Waals surface area (Å²) in [7, 11) is 0. The van der Waals surface area contributed by atoms with Crippen molar-refractivity contribution in [3.63, 3.8) is 0 Å². The number of benzene rings is 2. The molecular weight excluding hydrogens is 272 g/mol. The highest BCUT2D eigenvalue weighted by Crippen LogP contribution is 2.38. The Morgan fingerprint density at radius 1 is 1.20 bits per heavy atom. The van der Waals surface area contributed by atoms with E-state index in [-0.39, 0.29) is 16.7 Å². The molecule has 104 valence electrons. The average molecular weight is 288 g/mol. The Bertz CT molecular complexity index is 599. The number of hydrogen-bond donors (Lipinski definition) is 1. The molecule has 5 heteroatoms. The number of nitrogens with two attached hydrogens (primary N) is 1. The molecule has 1 atom stereocenters. The van der Waals surface area contributed by atoms with Crippen LogP contribution in [0.2, 0.25) is 0 Å². The number of nitrogens with zero attached hydrogens (tertiary/aromatic N) is 1. The summed E-state index contributed by atoms with van der Waals surface area (Å²) in [4.78, 5) is 11.5. The fourth-order valence-corrected chi connectivity index (χ4v) is 3.03. The summed E-state index contributed by atoms with van der Waals surface area (Å²) in [5.74, 6) is 0. The minimum atomic E-state index is -0.281. The van der Waals surface area contributed by atoms with Crippen LogP contribution in [0, 0.1) is 17.0 Å². The van der Waals surface area contributed by atoms with Crippen LogP contribution in [0.15, 0.2) is 53.4 Å². The lowest BCUT2D eigenvalue weighted by atomic mass is 10.1. The first-order valence-corrected chi connectivity index (χ1v) is 7.14. The molecule has 2 rings (SSSR count). The second-order valence-electron chi connectivity index (χ2n) is 4.57. The van der Waals surface area contributed by atoms with Crippen LogP contribution in [-0.2, 0) is 0 Å². The molecule has 20 heavy (non-hydrogen) atoms. The second-order valence-corrected chi connectivity index (χ2v) is 5.81. The quantitative estimate of drug-likeness (QED) is 0.394. The van der Waals surface area contributed by atoms with Crippen LogP contribution in [-0.4, -0.2) is 11.5 Å². The van der Waals surface area contributed by atoms with Crippen molar-refractivity contribution in [1.82, 2.24) is 0 Å². The zero-order valence-corrected chi connectivity index (χ0v) is 12.0. The molecule has 0 heterocycles. The first-order chi connectivity index (χ1) is 9.56. The second kappa shape index (κ2) is 6.43. The van der Waals surface area contributed by atoms with Crippen molar-refractivity contribution in [2.45, 2.75) is 17.1 Å². The Kier molecular flexibility index (Phi) is 4.63. The molecule has 4 nitrogen and oxygen atoms in total. The molecule has 0 bridgehead atoms. The van der Waals surface area contributed by atoms with Crippen LogP contribution in [0.5, 0.6) is 0 Å². The Labute approximate surface area is 122 Å². The highest BCUT2D eigenvalue weighted by Gasteiger charge is 2.20. The van der Waals surface area contributed by atoms with Crippen LogP contribution < -0.4 is 5.73 Å². The van der Waals surface area contributed by atoms with Gasteiger partial charge in [-0.05, 0) is 24.6 Å². The molecule has 0 aliphatic heterocycles. The van der Waals surface area contributed by atoms with Gasteiger partial charge < -0.3 is 5.73 Å². The summed E-state index contributed by atoms with van der Waals surface area (Å²) in [5, 5.41) is 10.6. The fraction of sp³-hybridized carbons (Fsp3) is 0.200. The standard InChI is InChI=1S/C15H16N2O2S/c1-11-6-8-12(9-7-11)15(10-17(18)19)20-14-5-3-2-4-13(14)16/h2-9,15H,10,16H2,1H3. The zero-order valence-electron chi connectivity index (χ0n) is 11.2. The van der Waals surface area contributed by atoms with Gasteiger partial charge in [-0.2, -0.15) is 0 Å². The van der Waals surface area contributed by atoms with E-state index in [1.807, 2.05) is 49.4 Å². The number of nitrogen functional groups attached to an aromatic ring is 1. The van der Waals surface area contributed by atoms with E-state index in [1.165, 1.54) is 11.8 Å². The molecule has 0 spiro atoms. The molecule has 2 N–H and O–H groups in total. The molecule has 0 aromatic heterocycles. The SMILES string of the molecule is Cc1ccc(C(C[N+](=O)[O-])Sc2ccccc2N)cc1. The largest absolute Gasteiger partial charge is 0.398 e. The number of para-hydroxylation sites is 1. The number of aryl methyl sites for hydroxylation is 1. The van der Waals surface area contributed by atoms with Gasteiger partial charge in [0.2, 0.25) is 6.54 Å². The van der Waals surface area contributed by atoms with Gasteiger partial charge in [0.1, 0.15) is 0 Å². The van der Waals surface area contributed by atoms with E-state index >= 15 is 0 Å². The van der Waals surface area contributed by atoms with Crippen molar-refractivity contribution < 1.29 is 4.92 Å². The van der Waals surface area contributed by atoms with E-state index < -0.39 is 0 Å². The lowest BCUT2D eigenvalue weighted by Gasteiger charge is -2.14. The summed E-state index contributed by atoms with van der Waals surface area (Å²) in [6.45, 7) is 1.87. The summed E-state index contributed by atoms with van der Waals surface area (Å²) in [5.41, 5.74) is 8.64. The van der Waals surface area contributed by atoms with E-state index in [0.717, 1.165) is 16.0 Å². The molecular formula is C15H16N2O2S. The zero-order chi connectivity index (χ0) is 14.5. The highest BCUT2D eigenvalue weighted by molar-refractivity contribution is 7.99. The molecule has 2 aromatic carbocycles. The van der Waals surface area contributed by atoms with Gasteiger partial charge >= 0.3 is 0 Å². The third-order valence-electron chi connectivity index (χ3n) is 2.95. The molecule has 0 aliphatic rings. The first-order valence-electron chi connectivity index (χ1n) is 6.26. The molecule has 0 fully saturated rings. The van der Waals surface area contributed by atoms with Crippen molar-refractivity contribution in [3.8, 4) is 0 Å². The van der Waals surface area contributed by atoms with Crippen molar-refractivity contribution in [3.05, 3.63) is 69.8 Å². The topological polar surface area (TPSA) is 69.2 Å². The Morgan fingerprint density at radius 3 is 2.45 bits per heavy atom. The van der Waals surface area contributed by atoms with Crippen LogP contribution in [0.25, 0.3) is 0 Å². The van der Waals surface area contributed by atoms with Gasteiger partial charge in [-0.15, -0.1) is 11.8 Å². The maximum atomic E-state index is 10.9. The predicted molar refractivity (Wildman–Crippen MR) is 82.5 cm³/mol. The maximum absolute atomic E-state index is 10.9. The molecule has 0 saturated carbocycles. The summed E-state index contributed by atoms with van der Waals surface area (Å²) >= 11 is 1.44. The summed E-state index contributed by atoms with van der Waals surface area (Å²) < 4.78 is 0. The maximum Gasteiger partial charge on any atom is 0.220 e. The van der Waals surface area contributed by atoms with E-state index in [0.29, 0.717) is 5.69 Å². The van der Waals surface area contributed by atoms with E-state index in [9.17, 15) is 10.1 Å². The third kappa shape index (κ3) is 3.74. The lowest BCUT2D eigenvalue weighted by molar-refractivity contribution is -0.479. The molecule has 0 saturated heterocycles. The molecule has 1 unspecified atom stereocenters. The Morgan fingerprint density at radius 2 is 1.85 bits per heavy atom. The molecule has 0 amide bonds. The van der Waals surface area contributed by atoms with Gasteiger partial charge in [0.25, 0.3) is 0 Å². The number of hydrogen-bond acceptors (Lipinski definition) is 4. The van der Waals surface area contributed by atoms with E-state index in [1.54, 1.807) is 6.07 Å². The predicted octanol–water partition coefficient (Wildman–Crippen LogP) is 3.69. The summed E-state index contributed by atoms with van der Waals surface area (Å²) in [6.07, 6.45) is 0. The van der Waals surface area contributed by atoms with E-state index in [4.69, 9.17) is 5.73 Å². The molecule has 0 aliphatic carbocycles. The Balaban J connectivity index is 2.26. The van der Waals surface area contributed by atoms with Gasteiger partial charge in [-0.1, -0.05) is 42.0 Å². The van der Waals surface area contributed by atoms with E-state index in [2.05, 4.69) is 0 Å². The van der Waals surface area contributed by atoms with Gasteiger partial charge in [0.15, 0.2) is 0 Å². The number of anilines is 1. The number of rotatable bonds is 5. The lowest BCUT2D eigenvalue weighted by Crippen LogP contribution is -2.10. The number of thioether (sulfide) groups is 1. The van der Waals surface area contributed by atoms with Crippen molar-refractivity contribution in [2.75, 3.05) is 12.3 Å². The highest BCUT2D eigenvalue weighted by atomic mass is 32.2. The van der Waals surface area contributed by atoms with Crippen molar-refractivity contribution in [1.29, 1.82) is 0 Å². The van der Waals surface area contributed by atoms with Crippen molar-refractivity contribution in [2.24, 2.45) is 0 Å². The van der Waals surface area contributed by atoms with Crippen LogP contribution in [0.3, 0.4) is 0 Å². The summed E-state index contributed by atoms with van der Waals surface area (Å²) in [6, 6.07) is 15.3. The van der Waals surface area contributed by atoms with Crippen LogP contribution >= 0.6 is 11.8 Å². The fourth-order valence-electron chi connectivity index (χ4n) is 1.87. The molecule has 0 radical (unpaired) electrons. The smallest absolute Gasteiger partial charge is 0.220 e. The minimum Gasteiger partial charge on any atom is -0.398 e. The Hall–Kier alpha value is -2.01. The first kappa shape index (κ1) is 14.4. The number of nitro groups is 1. The minimum absolute atomic E-state index is 0.123. The van der Waals surface area contributed by atoms with Gasteiger partial charge in [0, 0.05) is 15.5 Å². The average Bonchev–Trinajstić information content (AvgIpc) is 2.41. The van der Waals surface area contributed by atoms with Gasteiger partial charge in [-0.25, -0.2) is 0 Å². The third-order valence-corrected chi connectivity index (χ3v) is 4.28. The van der Waals surface area contributed by atoms with Gasteiger partial charge in [-0.3, -0.25) is 10.1 Å². The molecule has 2 aromatic rings. The van der Waals surface area contributed by atoms with Gasteiger partial charge in [0.05, 0.1) is 5.25 Å².